The molecule has 2 nitrogen and oxygen atoms in total. The minimum Gasteiger partial charge on any atom is -0.493 e. The van der Waals surface area contributed by atoms with Crippen molar-refractivity contribution in [1.29, 1.82) is 0 Å². The summed E-state index contributed by atoms with van der Waals surface area (Å²) in [5, 5.41) is 0. The average molecular weight is 295 g/mol. The van der Waals surface area contributed by atoms with Gasteiger partial charge >= 0.3 is 0 Å². The summed E-state index contributed by atoms with van der Waals surface area (Å²) < 4.78 is 32.1. The SMILES string of the molecule is NC(CC1CCOc2ccccc21)C1CCC(F)(F)CC1. The zero-order valence-corrected chi connectivity index (χ0v) is 12.2. The van der Waals surface area contributed by atoms with Crippen molar-refractivity contribution in [2.45, 2.75) is 56.4 Å². The van der Waals surface area contributed by atoms with Gasteiger partial charge in [-0.25, -0.2) is 8.78 Å². The molecule has 1 aliphatic heterocycles. The Morgan fingerprint density at radius 3 is 2.67 bits per heavy atom. The Balaban J connectivity index is 1.62. The van der Waals surface area contributed by atoms with Crippen molar-refractivity contribution in [1.82, 2.24) is 0 Å². The number of fused-ring (bicyclic) bond motifs is 1. The second-order valence-corrected chi connectivity index (χ2v) is 6.46. The molecule has 1 saturated carbocycles. The van der Waals surface area contributed by atoms with E-state index in [1.54, 1.807) is 0 Å². The Morgan fingerprint density at radius 1 is 1.19 bits per heavy atom. The van der Waals surface area contributed by atoms with Crippen molar-refractivity contribution in [2.75, 3.05) is 6.61 Å². The molecule has 116 valence electrons. The van der Waals surface area contributed by atoms with Crippen LogP contribution in [0.15, 0.2) is 24.3 Å². The predicted octanol–water partition coefficient (Wildman–Crippen LogP) is 4.10. The first-order valence-electron chi connectivity index (χ1n) is 7.90. The van der Waals surface area contributed by atoms with E-state index in [2.05, 4.69) is 6.07 Å². The van der Waals surface area contributed by atoms with Crippen LogP contribution in [0.4, 0.5) is 8.78 Å². The lowest BCUT2D eigenvalue weighted by atomic mass is 9.77. The quantitative estimate of drug-likeness (QED) is 0.911. The third-order valence-electron chi connectivity index (χ3n) is 5.01. The van der Waals surface area contributed by atoms with Gasteiger partial charge in [-0.05, 0) is 49.1 Å². The van der Waals surface area contributed by atoms with Gasteiger partial charge in [0.2, 0.25) is 5.92 Å². The highest BCUT2D eigenvalue weighted by Gasteiger charge is 2.37. The first kappa shape index (κ1) is 14.8. The molecule has 2 unspecified atom stereocenters. The maximum absolute atomic E-state index is 13.2. The van der Waals surface area contributed by atoms with Gasteiger partial charge in [0, 0.05) is 18.9 Å². The number of alkyl halides is 2. The van der Waals surface area contributed by atoms with Crippen LogP contribution in [0, 0.1) is 5.92 Å². The molecule has 0 bridgehead atoms. The highest BCUT2D eigenvalue weighted by atomic mass is 19.3. The number of benzene rings is 1. The van der Waals surface area contributed by atoms with E-state index >= 15 is 0 Å². The molecular weight excluding hydrogens is 272 g/mol. The molecule has 0 aromatic heterocycles. The van der Waals surface area contributed by atoms with Crippen LogP contribution in [0.3, 0.4) is 0 Å². The maximum Gasteiger partial charge on any atom is 0.248 e. The molecule has 1 aromatic carbocycles. The van der Waals surface area contributed by atoms with Gasteiger partial charge in [0.05, 0.1) is 6.61 Å². The van der Waals surface area contributed by atoms with Crippen LogP contribution < -0.4 is 10.5 Å². The summed E-state index contributed by atoms with van der Waals surface area (Å²) in [4.78, 5) is 0. The molecule has 0 spiro atoms. The average Bonchev–Trinajstić information content (AvgIpc) is 2.47. The van der Waals surface area contributed by atoms with Gasteiger partial charge in [0.15, 0.2) is 0 Å². The van der Waals surface area contributed by atoms with Gasteiger partial charge in [0.25, 0.3) is 0 Å². The molecular formula is C17H23F2NO. The number of halogens is 2. The van der Waals surface area contributed by atoms with E-state index in [-0.39, 0.29) is 24.8 Å². The van der Waals surface area contributed by atoms with Gasteiger partial charge in [-0.2, -0.15) is 0 Å². The number of hydrogen-bond acceptors (Lipinski definition) is 2. The lowest BCUT2D eigenvalue weighted by Gasteiger charge is -2.34. The number of rotatable bonds is 3. The van der Waals surface area contributed by atoms with Crippen LogP contribution in [0.5, 0.6) is 5.75 Å². The zero-order valence-electron chi connectivity index (χ0n) is 12.2. The van der Waals surface area contributed by atoms with Gasteiger partial charge in [0.1, 0.15) is 5.75 Å². The Morgan fingerprint density at radius 2 is 1.90 bits per heavy atom. The van der Waals surface area contributed by atoms with E-state index in [1.807, 2.05) is 18.2 Å². The topological polar surface area (TPSA) is 35.2 Å². The highest BCUT2D eigenvalue weighted by Crippen LogP contribution is 2.41. The number of ether oxygens (including phenoxy) is 1. The smallest absolute Gasteiger partial charge is 0.248 e. The maximum atomic E-state index is 13.2. The summed E-state index contributed by atoms with van der Waals surface area (Å²) in [7, 11) is 0. The van der Waals surface area contributed by atoms with Crippen LogP contribution in [0.1, 0.15) is 50.0 Å². The normalized spacial score (nSPS) is 26.7. The van der Waals surface area contributed by atoms with Gasteiger partial charge in [-0.15, -0.1) is 0 Å². The fourth-order valence-corrected chi connectivity index (χ4v) is 3.67. The van der Waals surface area contributed by atoms with Gasteiger partial charge in [-0.3, -0.25) is 0 Å². The molecule has 0 radical (unpaired) electrons. The fraction of sp³-hybridized carbons (Fsp3) is 0.647. The molecule has 1 aliphatic carbocycles. The first-order chi connectivity index (χ1) is 10.1. The summed E-state index contributed by atoms with van der Waals surface area (Å²) in [6, 6.07) is 8.10. The molecule has 1 heterocycles. The Labute approximate surface area is 124 Å². The number of nitrogens with two attached hydrogens (primary N) is 1. The molecule has 2 N–H and O–H groups in total. The molecule has 0 amide bonds. The van der Waals surface area contributed by atoms with E-state index in [9.17, 15) is 8.78 Å². The van der Waals surface area contributed by atoms with Gasteiger partial charge < -0.3 is 10.5 Å². The lowest BCUT2D eigenvalue weighted by Crippen LogP contribution is -2.37. The van der Waals surface area contributed by atoms with Crippen LogP contribution in [0.2, 0.25) is 0 Å². The van der Waals surface area contributed by atoms with Crippen LogP contribution >= 0.6 is 0 Å². The number of hydrogen-bond donors (Lipinski definition) is 1. The monoisotopic (exact) mass is 295 g/mol. The summed E-state index contributed by atoms with van der Waals surface area (Å²) >= 11 is 0. The summed E-state index contributed by atoms with van der Waals surface area (Å²) in [5.74, 6) is -0.884. The Kier molecular flexibility index (Phi) is 4.16. The van der Waals surface area contributed by atoms with Crippen molar-refractivity contribution < 1.29 is 13.5 Å². The molecule has 3 rings (SSSR count). The van der Waals surface area contributed by atoms with Crippen LogP contribution in [0.25, 0.3) is 0 Å². The zero-order chi connectivity index (χ0) is 14.9. The van der Waals surface area contributed by atoms with Crippen LogP contribution in [-0.4, -0.2) is 18.6 Å². The third kappa shape index (κ3) is 3.37. The predicted molar refractivity (Wildman–Crippen MR) is 78.8 cm³/mol. The molecule has 0 saturated heterocycles. The molecule has 1 aromatic rings. The van der Waals surface area contributed by atoms with Crippen molar-refractivity contribution in [3.63, 3.8) is 0 Å². The molecule has 21 heavy (non-hydrogen) atoms. The fourth-order valence-electron chi connectivity index (χ4n) is 3.67. The van der Waals surface area contributed by atoms with Crippen molar-refractivity contribution in [3.05, 3.63) is 29.8 Å². The van der Waals surface area contributed by atoms with E-state index < -0.39 is 5.92 Å². The van der Waals surface area contributed by atoms with Crippen molar-refractivity contribution in [3.8, 4) is 5.75 Å². The Hall–Kier alpha value is -1.16. The minimum atomic E-state index is -2.47. The highest BCUT2D eigenvalue weighted by molar-refractivity contribution is 5.37. The molecule has 2 atom stereocenters. The molecule has 4 heteroatoms. The van der Waals surface area contributed by atoms with E-state index in [4.69, 9.17) is 10.5 Å². The van der Waals surface area contributed by atoms with Crippen LogP contribution in [-0.2, 0) is 0 Å². The van der Waals surface area contributed by atoms with Crippen molar-refractivity contribution in [2.24, 2.45) is 11.7 Å². The summed E-state index contributed by atoms with van der Waals surface area (Å²) in [6.07, 6.45) is 2.94. The second kappa shape index (κ2) is 5.91. The largest absolute Gasteiger partial charge is 0.493 e. The van der Waals surface area contributed by atoms with Crippen molar-refractivity contribution >= 4 is 0 Å². The molecule has 1 fully saturated rings. The lowest BCUT2D eigenvalue weighted by molar-refractivity contribution is -0.0486. The molecule has 2 aliphatic rings. The first-order valence-corrected chi connectivity index (χ1v) is 7.90. The third-order valence-corrected chi connectivity index (χ3v) is 5.01. The van der Waals surface area contributed by atoms with E-state index in [1.165, 1.54) is 5.56 Å². The summed E-state index contributed by atoms with van der Waals surface area (Å²) in [5.41, 5.74) is 7.56. The van der Waals surface area contributed by atoms with E-state index in [0.717, 1.165) is 25.2 Å². The Bertz CT molecular complexity index is 481. The number of para-hydroxylation sites is 1. The second-order valence-electron chi connectivity index (χ2n) is 6.46. The van der Waals surface area contributed by atoms with Gasteiger partial charge in [-0.1, -0.05) is 18.2 Å². The summed E-state index contributed by atoms with van der Waals surface area (Å²) in [6.45, 7) is 0.719. The minimum absolute atomic E-state index is 0.00423. The standard InChI is InChI=1S/C17H23F2NO/c18-17(19)8-5-12(6-9-17)15(20)11-13-7-10-21-16-4-2-1-3-14(13)16/h1-4,12-13,15H,5-11,20H2. The van der Waals surface area contributed by atoms with E-state index in [0.29, 0.717) is 18.8 Å².